The first-order valence-corrected chi connectivity index (χ1v) is 9.51. The van der Waals surface area contributed by atoms with Gasteiger partial charge in [0.1, 0.15) is 0 Å². The van der Waals surface area contributed by atoms with E-state index in [-0.39, 0.29) is 16.9 Å². The lowest BCUT2D eigenvalue weighted by Gasteiger charge is -2.58. The van der Waals surface area contributed by atoms with Crippen LogP contribution in [0, 0.1) is 40.9 Å². The maximum atomic E-state index is 10.6. The molecular weight excluding hydrogens is 280 g/mol. The molecule has 1 heteroatoms. The second-order valence-electron chi connectivity index (χ2n) is 8.92. The molecule has 0 unspecified atom stereocenters. The van der Waals surface area contributed by atoms with Crippen molar-refractivity contribution >= 4 is 0 Å². The molecule has 0 bridgehead atoms. The van der Waals surface area contributed by atoms with Gasteiger partial charge in [-0.1, -0.05) is 30.7 Å². The van der Waals surface area contributed by atoms with Crippen LogP contribution < -0.4 is 0 Å². The van der Waals surface area contributed by atoms with Crippen molar-refractivity contribution in [1.29, 1.82) is 0 Å². The van der Waals surface area contributed by atoms with Gasteiger partial charge in [-0.3, -0.25) is 0 Å². The van der Waals surface area contributed by atoms with Crippen LogP contribution >= 0.6 is 0 Å². The summed E-state index contributed by atoms with van der Waals surface area (Å²) in [4.78, 5) is 0. The van der Waals surface area contributed by atoms with Gasteiger partial charge in [-0.15, -0.1) is 12.3 Å². The largest absolute Gasteiger partial charge is 0.393 e. The van der Waals surface area contributed by atoms with E-state index in [2.05, 4.69) is 25.5 Å². The predicted molar refractivity (Wildman–Crippen MR) is 94.6 cm³/mol. The Kier molecular flexibility index (Phi) is 3.54. The lowest BCUT2D eigenvalue weighted by molar-refractivity contribution is -0.0760. The molecule has 124 valence electrons. The Morgan fingerprint density at radius 3 is 2.83 bits per heavy atom. The Hall–Kier alpha value is -1.00. The predicted octanol–water partition coefficient (Wildman–Crippen LogP) is 4.87. The SMILES string of the molecule is C#CC[C@]12CCC(=C)C=C1CC[C@@H]1[C@@H]2CC[C@]2(C)[C@H](O)CC[C@@H]12. The average Bonchev–Trinajstić information content (AvgIpc) is 2.84. The molecule has 0 aromatic heterocycles. The molecular formula is C22H30O. The number of hydrogen-bond acceptors (Lipinski definition) is 1. The van der Waals surface area contributed by atoms with Crippen molar-refractivity contribution in [3.63, 3.8) is 0 Å². The second-order valence-corrected chi connectivity index (χ2v) is 8.92. The molecule has 4 aliphatic rings. The number of hydrogen-bond donors (Lipinski definition) is 1. The summed E-state index contributed by atoms with van der Waals surface area (Å²) >= 11 is 0. The first-order valence-electron chi connectivity index (χ1n) is 9.51. The first kappa shape index (κ1) is 15.5. The average molecular weight is 310 g/mol. The van der Waals surface area contributed by atoms with Gasteiger partial charge >= 0.3 is 0 Å². The summed E-state index contributed by atoms with van der Waals surface area (Å²) in [5, 5.41) is 10.6. The molecule has 0 aromatic rings. The van der Waals surface area contributed by atoms with E-state index in [1.807, 2.05) is 0 Å². The van der Waals surface area contributed by atoms with Crippen LogP contribution in [-0.4, -0.2) is 11.2 Å². The van der Waals surface area contributed by atoms with E-state index in [0.29, 0.717) is 5.92 Å². The monoisotopic (exact) mass is 310 g/mol. The quantitative estimate of drug-likeness (QED) is 0.685. The Labute approximate surface area is 141 Å². The molecule has 0 radical (unpaired) electrons. The third kappa shape index (κ3) is 2.04. The molecule has 6 atom stereocenters. The van der Waals surface area contributed by atoms with Gasteiger partial charge in [-0.2, -0.15) is 0 Å². The van der Waals surface area contributed by atoms with E-state index in [0.717, 1.165) is 31.1 Å². The Morgan fingerprint density at radius 2 is 2.04 bits per heavy atom. The molecule has 1 N–H and O–H groups in total. The molecule has 1 nitrogen and oxygen atoms in total. The van der Waals surface area contributed by atoms with Crippen molar-refractivity contribution in [3.05, 3.63) is 23.8 Å². The van der Waals surface area contributed by atoms with E-state index in [1.165, 1.54) is 44.1 Å². The summed E-state index contributed by atoms with van der Waals surface area (Å²) in [5.41, 5.74) is 3.31. The molecule has 3 saturated carbocycles. The van der Waals surface area contributed by atoms with Gasteiger partial charge in [0.2, 0.25) is 0 Å². The van der Waals surface area contributed by atoms with E-state index in [9.17, 15) is 5.11 Å². The second kappa shape index (κ2) is 5.25. The fraction of sp³-hybridized carbons (Fsp3) is 0.727. The van der Waals surface area contributed by atoms with Crippen LogP contribution in [0.4, 0.5) is 0 Å². The van der Waals surface area contributed by atoms with E-state index in [1.54, 1.807) is 5.57 Å². The third-order valence-corrected chi connectivity index (χ3v) is 8.17. The summed E-state index contributed by atoms with van der Waals surface area (Å²) in [6.07, 6.45) is 18.5. The van der Waals surface area contributed by atoms with Gasteiger partial charge < -0.3 is 5.11 Å². The lowest BCUT2D eigenvalue weighted by Crippen LogP contribution is -2.51. The van der Waals surface area contributed by atoms with Crippen LogP contribution in [0.5, 0.6) is 0 Å². The summed E-state index contributed by atoms with van der Waals surface area (Å²) in [5.74, 6) is 5.24. The zero-order valence-corrected chi connectivity index (χ0v) is 14.5. The standard InChI is InChI=1S/C22H30O/c1-4-11-22-13-9-15(2)14-16(22)5-6-17-18-7-8-20(23)21(18,3)12-10-19(17)22/h1,14,17-20,23H,2,5-13H2,3H3/t17-,18-,19-,20+,21-,22-/m0/s1. The number of allylic oxidation sites excluding steroid dienone is 3. The van der Waals surface area contributed by atoms with Gasteiger partial charge in [0.05, 0.1) is 6.10 Å². The first-order chi connectivity index (χ1) is 11.0. The Balaban J connectivity index is 1.73. The third-order valence-electron chi connectivity index (χ3n) is 8.17. The number of terminal acetylenes is 1. The van der Waals surface area contributed by atoms with Gasteiger partial charge in [0.25, 0.3) is 0 Å². The van der Waals surface area contributed by atoms with Crippen molar-refractivity contribution < 1.29 is 5.11 Å². The van der Waals surface area contributed by atoms with Crippen LogP contribution in [-0.2, 0) is 0 Å². The molecule has 0 amide bonds. The highest BCUT2D eigenvalue weighted by molar-refractivity contribution is 5.35. The molecule has 4 rings (SSSR count). The van der Waals surface area contributed by atoms with Crippen LogP contribution in [0.1, 0.15) is 64.7 Å². The van der Waals surface area contributed by atoms with E-state index < -0.39 is 0 Å². The summed E-state index contributed by atoms with van der Waals surface area (Å²) in [7, 11) is 0. The topological polar surface area (TPSA) is 20.2 Å². The smallest absolute Gasteiger partial charge is 0.0596 e. The van der Waals surface area contributed by atoms with Crippen molar-refractivity contribution in [1.82, 2.24) is 0 Å². The summed E-state index contributed by atoms with van der Waals surface area (Å²) in [6, 6.07) is 0. The van der Waals surface area contributed by atoms with Crippen molar-refractivity contribution in [2.75, 3.05) is 0 Å². The number of aliphatic hydroxyl groups is 1. The molecule has 23 heavy (non-hydrogen) atoms. The minimum atomic E-state index is -0.0832. The van der Waals surface area contributed by atoms with E-state index >= 15 is 0 Å². The highest BCUT2D eigenvalue weighted by Gasteiger charge is 2.59. The van der Waals surface area contributed by atoms with Gasteiger partial charge in [-0.25, -0.2) is 0 Å². The van der Waals surface area contributed by atoms with Crippen LogP contribution in [0.3, 0.4) is 0 Å². The summed E-state index contributed by atoms with van der Waals surface area (Å²) < 4.78 is 0. The molecule has 0 heterocycles. The molecule has 3 fully saturated rings. The highest BCUT2D eigenvalue weighted by atomic mass is 16.3. The van der Waals surface area contributed by atoms with Crippen molar-refractivity contribution in [3.8, 4) is 12.3 Å². The van der Waals surface area contributed by atoms with Crippen molar-refractivity contribution in [2.24, 2.45) is 28.6 Å². The zero-order chi connectivity index (χ0) is 16.2. The molecule has 4 aliphatic carbocycles. The fourth-order valence-electron chi connectivity index (χ4n) is 6.94. The Bertz CT molecular complexity index is 594. The Morgan fingerprint density at radius 1 is 1.22 bits per heavy atom. The maximum absolute atomic E-state index is 10.6. The van der Waals surface area contributed by atoms with E-state index in [4.69, 9.17) is 6.42 Å². The minimum absolute atomic E-state index is 0.0832. The maximum Gasteiger partial charge on any atom is 0.0596 e. The van der Waals surface area contributed by atoms with Gasteiger partial charge in [0.15, 0.2) is 0 Å². The minimum Gasteiger partial charge on any atom is -0.393 e. The molecule has 0 saturated heterocycles. The van der Waals surface area contributed by atoms with Crippen LogP contribution in [0.25, 0.3) is 0 Å². The molecule has 0 aliphatic heterocycles. The highest BCUT2D eigenvalue weighted by Crippen LogP contribution is 2.66. The van der Waals surface area contributed by atoms with Gasteiger partial charge in [0, 0.05) is 11.8 Å². The molecule has 0 spiro atoms. The number of aliphatic hydroxyl groups excluding tert-OH is 1. The fourth-order valence-corrected chi connectivity index (χ4v) is 6.94. The molecule has 0 aromatic carbocycles. The van der Waals surface area contributed by atoms with Crippen LogP contribution in [0.15, 0.2) is 23.8 Å². The van der Waals surface area contributed by atoms with Gasteiger partial charge in [-0.05, 0) is 74.5 Å². The number of rotatable bonds is 1. The van der Waals surface area contributed by atoms with Crippen molar-refractivity contribution in [2.45, 2.75) is 70.8 Å². The lowest BCUT2D eigenvalue weighted by atomic mass is 9.46. The summed E-state index contributed by atoms with van der Waals surface area (Å²) in [6.45, 7) is 6.57. The normalized spacial score (nSPS) is 48.7. The number of fused-ring (bicyclic) bond motifs is 5. The zero-order valence-electron chi connectivity index (χ0n) is 14.5. The van der Waals surface area contributed by atoms with Crippen LogP contribution in [0.2, 0.25) is 0 Å².